The highest BCUT2D eigenvalue weighted by Gasteiger charge is 2.36. The number of ether oxygens (including phenoxy) is 1. The van der Waals surface area contributed by atoms with Crippen molar-refractivity contribution >= 4 is 23.5 Å². The number of aromatic amines is 1. The molecule has 9 heteroatoms. The van der Waals surface area contributed by atoms with Crippen LogP contribution in [0.25, 0.3) is 0 Å². The molecule has 2 aromatic rings. The first kappa shape index (κ1) is 17.3. The first-order chi connectivity index (χ1) is 12.0. The number of carbonyl (C=O) groups excluding carboxylic acids is 2. The summed E-state index contributed by atoms with van der Waals surface area (Å²) in [4.78, 5) is 26.4. The monoisotopic (exact) mass is 366 g/mol. The Bertz CT molecular complexity index is 810. The van der Waals surface area contributed by atoms with Crippen molar-refractivity contribution in [2.24, 2.45) is 0 Å². The molecule has 1 N–H and O–H groups in total. The molecule has 0 spiro atoms. The molecule has 1 atom stereocenters. The van der Waals surface area contributed by atoms with E-state index in [1.807, 2.05) is 0 Å². The van der Waals surface area contributed by atoms with Crippen molar-refractivity contribution in [3.05, 3.63) is 46.0 Å². The lowest BCUT2D eigenvalue weighted by molar-refractivity contribution is 0.0512. The summed E-state index contributed by atoms with van der Waals surface area (Å²) in [5.74, 6) is -1.56. The number of H-pyrrole nitrogens is 1. The fraction of sp³-hybridized carbons (Fsp3) is 0.375. The van der Waals surface area contributed by atoms with Gasteiger partial charge >= 0.3 is 5.97 Å². The first-order valence-electron chi connectivity index (χ1n) is 7.86. The topological polar surface area (TPSA) is 88.2 Å². The number of amides is 1. The standard InChI is InChI=1S/C16H16ClFN4O3/c1-2-25-16(24)14-13(19-21-20-14)12-4-3-7-22(12)15(23)10-8-9(18)5-6-11(10)17/h5-6,8,12H,2-4,7H2,1H3,(H,19,20,21). The largest absolute Gasteiger partial charge is 0.461 e. The van der Waals surface area contributed by atoms with Crippen LogP contribution < -0.4 is 0 Å². The van der Waals surface area contributed by atoms with Gasteiger partial charge in [-0.2, -0.15) is 10.3 Å². The van der Waals surface area contributed by atoms with E-state index in [0.29, 0.717) is 18.7 Å². The number of rotatable bonds is 4. The summed E-state index contributed by atoms with van der Waals surface area (Å²) in [5.41, 5.74) is 0.475. The van der Waals surface area contributed by atoms with Crippen LogP contribution >= 0.6 is 11.6 Å². The van der Waals surface area contributed by atoms with Crippen LogP contribution in [0.1, 0.15) is 52.3 Å². The van der Waals surface area contributed by atoms with E-state index in [-0.39, 0.29) is 22.9 Å². The Balaban J connectivity index is 1.91. The normalized spacial score (nSPS) is 16.9. The quantitative estimate of drug-likeness (QED) is 0.840. The van der Waals surface area contributed by atoms with E-state index in [1.165, 1.54) is 17.0 Å². The molecule has 1 fully saturated rings. The Kier molecular flexibility index (Phi) is 4.98. The molecule has 1 unspecified atom stereocenters. The lowest BCUT2D eigenvalue weighted by Crippen LogP contribution is -2.32. The van der Waals surface area contributed by atoms with Crippen molar-refractivity contribution < 1.29 is 18.7 Å². The number of nitrogens with zero attached hydrogens (tertiary/aromatic N) is 3. The maximum absolute atomic E-state index is 13.5. The Morgan fingerprint density at radius 3 is 3.00 bits per heavy atom. The van der Waals surface area contributed by atoms with E-state index < -0.39 is 23.7 Å². The van der Waals surface area contributed by atoms with Crippen LogP contribution in [0.2, 0.25) is 5.02 Å². The highest BCUT2D eigenvalue weighted by atomic mass is 35.5. The maximum atomic E-state index is 13.5. The number of likely N-dealkylation sites (tertiary alicyclic amines) is 1. The summed E-state index contributed by atoms with van der Waals surface area (Å²) in [6.07, 6.45) is 1.33. The number of aromatic nitrogens is 3. The number of esters is 1. The second kappa shape index (κ2) is 7.18. The lowest BCUT2D eigenvalue weighted by atomic mass is 10.1. The molecule has 0 aliphatic carbocycles. The van der Waals surface area contributed by atoms with Gasteiger partial charge in [0.2, 0.25) is 0 Å². The zero-order valence-electron chi connectivity index (χ0n) is 13.5. The SMILES string of the molecule is CCOC(=O)c1n[nH]nc1C1CCCN1C(=O)c1cc(F)ccc1Cl. The van der Waals surface area contributed by atoms with E-state index in [2.05, 4.69) is 15.4 Å². The van der Waals surface area contributed by atoms with Gasteiger partial charge in [0.15, 0.2) is 5.69 Å². The molecule has 0 bridgehead atoms. The van der Waals surface area contributed by atoms with Gasteiger partial charge in [-0.25, -0.2) is 9.18 Å². The molecule has 0 saturated carbocycles. The molecule has 1 aliphatic rings. The van der Waals surface area contributed by atoms with Crippen LogP contribution in [0.3, 0.4) is 0 Å². The van der Waals surface area contributed by atoms with Crippen molar-refractivity contribution in [2.45, 2.75) is 25.8 Å². The van der Waals surface area contributed by atoms with Crippen molar-refractivity contribution in [1.29, 1.82) is 0 Å². The second-order valence-corrected chi connectivity index (χ2v) is 5.97. The third-order valence-electron chi connectivity index (χ3n) is 4.03. The molecule has 1 saturated heterocycles. The van der Waals surface area contributed by atoms with E-state index in [9.17, 15) is 14.0 Å². The molecule has 1 aromatic carbocycles. The van der Waals surface area contributed by atoms with Gasteiger partial charge in [0.25, 0.3) is 5.91 Å². The van der Waals surface area contributed by atoms with Crippen LogP contribution in [-0.2, 0) is 4.74 Å². The van der Waals surface area contributed by atoms with E-state index in [4.69, 9.17) is 16.3 Å². The predicted molar refractivity (Wildman–Crippen MR) is 86.8 cm³/mol. The minimum atomic E-state index is -0.602. The van der Waals surface area contributed by atoms with E-state index >= 15 is 0 Å². The van der Waals surface area contributed by atoms with Crippen molar-refractivity contribution in [2.75, 3.05) is 13.2 Å². The highest BCUT2D eigenvalue weighted by Crippen LogP contribution is 2.34. The van der Waals surface area contributed by atoms with E-state index in [1.54, 1.807) is 6.92 Å². The molecular formula is C16H16ClFN4O3. The summed E-state index contributed by atoms with van der Waals surface area (Å²) in [6, 6.07) is 3.19. The zero-order chi connectivity index (χ0) is 18.0. The van der Waals surface area contributed by atoms with Crippen LogP contribution in [0.5, 0.6) is 0 Å². The van der Waals surface area contributed by atoms with Gasteiger partial charge < -0.3 is 9.64 Å². The first-order valence-corrected chi connectivity index (χ1v) is 8.24. The fourth-order valence-electron chi connectivity index (χ4n) is 2.93. The van der Waals surface area contributed by atoms with Crippen LogP contribution in [-0.4, -0.2) is 45.3 Å². The minimum absolute atomic E-state index is 0.0527. The lowest BCUT2D eigenvalue weighted by Gasteiger charge is -2.24. The van der Waals surface area contributed by atoms with Gasteiger partial charge in [0.1, 0.15) is 11.5 Å². The predicted octanol–water partition coefficient (Wildman–Crippen LogP) is 2.75. The second-order valence-electron chi connectivity index (χ2n) is 5.56. The Labute approximate surface area is 148 Å². The maximum Gasteiger partial charge on any atom is 0.360 e. The number of nitrogens with one attached hydrogen (secondary N) is 1. The summed E-state index contributed by atoms with van der Waals surface area (Å²) >= 11 is 6.04. The highest BCUT2D eigenvalue weighted by molar-refractivity contribution is 6.33. The van der Waals surface area contributed by atoms with Gasteiger partial charge in [-0.3, -0.25) is 4.79 Å². The van der Waals surface area contributed by atoms with Gasteiger partial charge in [-0.1, -0.05) is 11.6 Å². The molecule has 3 rings (SSSR count). The van der Waals surface area contributed by atoms with Crippen molar-refractivity contribution in [1.82, 2.24) is 20.3 Å². The summed E-state index contributed by atoms with van der Waals surface area (Å²) in [5, 5.41) is 10.5. The smallest absolute Gasteiger partial charge is 0.360 e. The molecule has 7 nitrogen and oxygen atoms in total. The zero-order valence-corrected chi connectivity index (χ0v) is 14.2. The van der Waals surface area contributed by atoms with E-state index in [0.717, 1.165) is 12.5 Å². The molecule has 1 amide bonds. The molecular weight excluding hydrogens is 351 g/mol. The Morgan fingerprint density at radius 1 is 1.44 bits per heavy atom. The van der Waals surface area contributed by atoms with Gasteiger partial charge in [-0.05, 0) is 38.0 Å². The van der Waals surface area contributed by atoms with Crippen LogP contribution in [0, 0.1) is 5.82 Å². The minimum Gasteiger partial charge on any atom is -0.461 e. The van der Waals surface area contributed by atoms with Gasteiger partial charge in [-0.15, -0.1) is 5.10 Å². The number of hydrogen-bond acceptors (Lipinski definition) is 5. The van der Waals surface area contributed by atoms with Gasteiger partial charge in [0, 0.05) is 6.54 Å². The van der Waals surface area contributed by atoms with Crippen molar-refractivity contribution in [3.8, 4) is 0 Å². The number of hydrogen-bond donors (Lipinski definition) is 1. The molecule has 25 heavy (non-hydrogen) atoms. The third kappa shape index (κ3) is 3.34. The van der Waals surface area contributed by atoms with Crippen LogP contribution in [0.15, 0.2) is 18.2 Å². The number of carbonyl (C=O) groups is 2. The Hall–Kier alpha value is -2.48. The van der Waals surface area contributed by atoms with Crippen molar-refractivity contribution in [3.63, 3.8) is 0 Å². The summed E-state index contributed by atoms with van der Waals surface area (Å²) in [7, 11) is 0. The summed E-state index contributed by atoms with van der Waals surface area (Å²) in [6.45, 7) is 2.35. The molecule has 2 heterocycles. The average molecular weight is 367 g/mol. The average Bonchev–Trinajstić information content (AvgIpc) is 3.24. The number of halogens is 2. The molecule has 132 valence electrons. The molecule has 1 aromatic heterocycles. The third-order valence-corrected chi connectivity index (χ3v) is 4.36. The summed E-state index contributed by atoms with van der Waals surface area (Å²) < 4.78 is 18.5. The Morgan fingerprint density at radius 2 is 2.24 bits per heavy atom. The molecule has 0 radical (unpaired) electrons. The fourth-order valence-corrected chi connectivity index (χ4v) is 3.13. The van der Waals surface area contributed by atoms with Gasteiger partial charge in [0.05, 0.1) is 23.2 Å². The van der Waals surface area contributed by atoms with Crippen LogP contribution in [0.4, 0.5) is 4.39 Å². The number of benzene rings is 1. The molecule has 1 aliphatic heterocycles.